The number of nitrogens with one attached hydrogen (secondary N) is 1. The van der Waals surface area contributed by atoms with Crippen LogP contribution in [0.2, 0.25) is 0 Å². The van der Waals surface area contributed by atoms with Gasteiger partial charge < -0.3 is 10.1 Å². The van der Waals surface area contributed by atoms with E-state index in [1.807, 2.05) is 19.4 Å². The summed E-state index contributed by atoms with van der Waals surface area (Å²) in [6.07, 6.45) is 10.1. The molecule has 1 fully saturated rings. The van der Waals surface area contributed by atoms with Crippen LogP contribution in [0.15, 0.2) is 24.5 Å². The van der Waals surface area contributed by atoms with Crippen LogP contribution >= 0.6 is 0 Å². The average molecular weight is 234 g/mol. The van der Waals surface area contributed by atoms with Gasteiger partial charge in [0.05, 0.1) is 6.10 Å². The molecule has 3 heteroatoms. The van der Waals surface area contributed by atoms with Crippen molar-refractivity contribution in [3.05, 3.63) is 30.1 Å². The van der Waals surface area contributed by atoms with Gasteiger partial charge in [0.15, 0.2) is 0 Å². The molecule has 0 amide bonds. The minimum Gasteiger partial charge on any atom is -0.378 e. The standard InChI is InChI=1S/C14H22N2O/c1-15-13(4-5-14-3-2-10-17-14)11-12-6-8-16-9-7-12/h6-9,13-15H,2-5,10-11H2,1H3. The highest BCUT2D eigenvalue weighted by Crippen LogP contribution is 2.18. The molecule has 1 saturated heterocycles. The Morgan fingerprint density at radius 1 is 1.47 bits per heavy atom. The number of pyridine rings is 1. The summed E-state index contributed by atoms with van der Waals surface area (Å²) in [6, 6.07) is 4.73. The summed E-state index contributed by atoms with van der Waals surface area (Å²) in [5, 5.41) is 3.40. The van der Waals surface area contributed by atoms with E-state index in [-0.39, 0.29) is 0 Å². The molecule has 94 valence electrons. The highest BCUT2D eigenvalue weighted by molar-refractivity contribution is 5.11. The number of rotatable bonds is 6. The van der Waals surface area contributed by atoms with Gasteiger partial charge in [-0.3, -0.25) is 4.98 Å². The lowest BCUT2D eigenvalue weighted by atomic mass is 10.00. The first kappa shape index (κ1) is 12.5. The molecule has 1 aliphatic heterocycles. The van der Waals surface area contributed by atoms with Gasteiger partial charge in [0.25, 0.3) is 0 Å². The van der Waals surface area contributed by atoms with Gasteiger partial charge in [-0.15, -0.1) is 0 Å². The van der Waals surface area contributed by atoms with E-state index in [1.54, 1.807) is 0 Å². The van der Waals surface area contributed by atoms with Crippen molar-refractivity contribution in [3.63, 3.8) is 0 Å². The summed E-state index contributed by atoms with van der Waals surface area (Å²) in [5.74, 6) is 0. The zero-order chi connectivity index (χ0) is 11.9. The summed E-state index contributed by atoms with van der Waals surface area (Å²) < 4.78 is 5.66. The second kappa shape index (κ2) is 6.72. The summed E-state index contributed by atoms with van der Waals surface area (Å²) in [6.45, 7) is 0.958. The minimum atomic E-state index is 0.503. The number of nitrogens with zero attached hydrogens (tertiary/aromatic N) is 1. The fourth-order valence-electron chi connectivity index (χ4n) is 2.41. The van der Waals surface area contributed by atoms with Crippen LogP contribution in [0.5, 0.6) is 0 Å². The Balaban J connectivity index is 1.76. The molecule has 1 aromatic heterocycles. The molecule has 2 unspecified atom stereocenters. The van der Waals surface area contributed by atoms with E-state index in [2.05, 4.69) is 22.4 Å². The Kier molecular flexibility index (Phi) is 4.95. The van der Waals surface area contributed by atoms with Gasteiger partial charge in [0, 0.05) is 25.0 Å². The summed E-state index contributed by atoms with van der Waals surface area (Å²) in [5.41, 5.74) is 1.35. The van der Waals surface area contributed by atoms with Gasteiger partial charge in [0.2, 0.25) is 0 Å². The van der Waals surface area contributed by atoms with Gasteiger partial charge in [-0.05, 0) is 56.8 Å². The fraction of sp³-hybridized carbons (Fsp3) is 0.643. The number of ether oxygens (including phenoxy) is 1. The Hall–Kier alpha value is -0.930. The molecule has 0 aromatic carbocycles. The summed E-state index contributed by atoms with van der Waals surface area (Å²) in [7, 11) is 2.04. The Bertz CT molecular complexity index is 309. The molecule has 0 spiro atoms. The second-order valence-corrected chi connectivity index (χ2v) is 4.76. The fourth-order valence-corrected chi connectivity index (χ4v) is 2.41. The topological polar surface area (TPSA) is 34.1 Å². The van der Waals surface area contributed by atoms with Gasteiger partial charge >= 0.3 is 0 Å². The van der Waals surface area contributed by atoms with Crippen molar-refractivity contribution in [2.24, 2.45) is 0 Å². The molecule has 1 aliphatic rings. The van der Waals surface area contributed by atoms with Crippen LogP contribution in [0.25, 0.3) is 0 Å². The molecule has 17 heavy (non-hydrogen) atoms. The van der Waals surface area contributed by atoms with E-state index < -0.39 is 0 Å². The smallest absolute Gasteiger partial charge is 0.0576 e. The first-order chi connectivity index (χ1) is 8.38. The third kappa shape index (κ3) is 4.10. The Morgan fingerprint density at radius 3 is 2.94 bits per heavy atom. The van der Waals surface area contributed by atoms with Crippen LogP contribution in [0.3, 0.4) is 0 Å². The summed E-state index contributed by atoms with van der Waals surface area (Å²) in [4.78, 5) is 4.05. The van der Waals surface area contributed by atoms with Crippen LogP contribution in [0.4, 0.5) is 0 Å². The van der Waals surface area contributed by atoms with Crippen molar-refractivity contribution in [2.75, 3.05) is 13.7 Å². The molecular weight excluding hydrogens is 212 g/mol. The van der Waals surface area contributed by atoms with Gasteiger partial charge in [0.1, 0.15) is 0 Å². The largest absolute Gasteiger partial charge is 0.378 e. The first-order valence-corrected chi connectivity index (χ1v) is 6.56. The zero-order valence-electron chi connectivity index (χ0n) is 10.6. The number of likely N-dealkylation sites (N-methyl/N-ethyl adjacent to an activating group) is 1. The molecule has 2 heterocycles. The van der Waals surface area contributed by atoms with Crippen LogP contribution in [-0.2, 0) is 11.2 Å². The normalized spacial score (nSPS) is 21.6. The number of hydrogen-bond donors (Lipinski definition) is 1. The van der Waals surface area contributed by atoms with E-state index in [0.717, 1.165) is 13.0 Å². The maximum Gasteiger partial charge on any atom is 0.0576 e. The van der Waals surface area contributed by atoms with Crippen molar-refractivity contribution < 1.29 is 4.74 Å². The molecule has 0 radical (unpaired) electrons. The molecule has 2 atom stereocenters. The van der Waals surface area contributed by atoms with Crippen molar-refractivity contribution in [1.29, 1.82) is 0 Å². The highest BCUT2D eigenvalue weighted by atomic mass is 16.5. The molecular formula is C14H22N2O. The van der Waals surface area contributed by atoms with Crippen molar-refractivity contribution >= 4 is 0 Å². The lowest BCUT2D eigenvalue weighted by Gasteiger charge is -2.18. The van der Waals surface area contributed by atoms with Crippen LogP contribution < -0.4 is 5.32 Å². The molecule has 3 nitrogen and oxygen atoms in total. The number of aromatic nitrogens is 1. The van der Waals surface area contributed by atoms with E-state index in [1.165, 1.54) is 31.2 Å². The third-order valence-corrected chi connectivity index (χ3v) is 3.50. The summed E-state index contributed by atoms with van der Waals surface area (Å²) >= 11 is 0. The SMILES string of the molecule is CNC(CCC1CCCO1)Cc1ccncc1. The lowest BCUT2D eigenvalue weighted by molar-refractivity contribution is 0.0998. The van der Waals surface area contributed by atoms with Crippen molar-refractivity contribution in [3.8, 4) is 0 Å². The minimum absolute atomic E-state index is 0.503. The van der Waals surface area contributed by atoms with Gasteiger partial charge in [-0.2, -0.15) is 0 Å². The lowest BCUT2D eigenvalue weighted by Crippen LogP contribution is -2.28. The van der Waals surface area contributed by atoms with Crippen LogP contribution in [-0.4, -0.2) is 30.8 Å². The van der Waals surface area contributed by atoms with Gasteiger partial charge in [-0.1, -0.05) is 0 Å². The molecule has 0 saturated carbocycles. The Labute approximate surface area is 104 Å². The first-order valence-electron chi connectivity index (χ1n) is 6.56. The maximum atomic E-state index is 5.66. The monoisotopic (exact) mass is 234 g/mol. The van der Waals surface area contributed by atoms with Crippen molar-refractivity contribution in [1.82, 2.24) is 10.3 Å². The molecule has 2 rings (SSSR count). The predicted octanol–water partition coefficient (Wildman–Crippen LogP) is 2.17. The zero-order valence-corrected chi connectivity index (χ0v) is 10.6. The van der Waals surface area contributed by atoms with E-state index in [4.69, 9.17) is 4.74 Å². The molecule has 0 bridgehead atoms. The highest BCUT2D eigenvalue weighted by Gasteiger charge is 2.17. The predicted molar refractivity (Wildman–Crippen MR) is 69.0 cm³/mol. The van der Waals surface area contributed by atoms with Gasteiger partial charge in [-0.25, -0.2) is 0 Å². The number of hydrogen-bond acceptors (Lipinski definition) is 3. The van der Waals surface area contributed by atoms with Crippen LogP contribution in [0.1, 0.15) is 31.2 Å². The third-order valence-electron chi connectivity index (χ3n) is 3.50. The quantitative estimate of drug-likeness (QED) is 0.819. The molecule has 0 aliphatic carbocycles. The average Bonchev–Trinajstić information content (AvgIpc) is 2.89. The van der Waals surface area contributed by atoms with Crippen molar-refractivity contribution in [2.45, 2.75) is 44.2 Å². The molecule has 1 N–H and O–H groups in total. The van der Waals surface area contributed by atoms with Crippen LogP contribution in [0, 0.1) is 0 Å². The van der Waals surface area contributed by atoms with E-state index in [0.29, 0.717) is 12.1 Å². The molecule has 1 aromatic rings. The maximum absolute atomic E-state index is 5.66. The van der Waals surface area contributed by atoms with E-state index >= 15 is 0 Å². The second-order valence-electron chi connectivity index (χ2n) is 4.76. The van der Waals surface area contributed by atoms with E-state index in [9.17, 15) is 0 Å². The Morgan fingerprint density at radius 2 is 2.29 bits per heavy atom.